The van der Waals surface area contributed by atoms with Gasteiger partial charge in [0.2, 0.25) is 0 Å². The summed E-state index contributed by atoms with van der Waals surface area (Å²) < 4.78 is 0. The van der Waals surface area contributed by atoms with E-state index in [0.717, 1.165) is 18.8 Å². The van der Waals surface area contributed by atoms with Gasteiger partial charge in [0.1, 0.15) is 11.6 Å². The van der Waals surface area contributed by atoms with Gasteiger partial charge in [-0.25, -0.2) is 4.98 Å². The molecule has 2 rings (SSSR count). The van der Waals surface area contributed by atoms with Gasteiger partial charge in [0.15, 0.2) is 0 Å². The van der Waals surface area contributed by atoms with E-state index < -0.39 is 0 Å². The maximum Gasteiger partial charge on any atom is 0.149 e. The number of aromatic nitrogens is 1. The number of pyridine rings is 1. The summed E-state index contributed by atoms with van der Waals surface area (Å²) in [5.41, 5.74) is 11.7. The molecule has 76 valence electrons. The summed E-state index contributed by atoms with van der Waals surface area (Å²) in [6, 6.07) is 3.56. The Kier molecular flexibility index (Phi) is 2.17. The van der Waals surface area contributed by atoms with Gasteiger partial charge in [0, 0.05) is 13.1 Å². The predicted molar refractivity (Wildman–Crippen MR) is 55.9 cm³/mol. The van der Waals surface area contributed by atoms with Crippen LogP contribution in [0.3, 0.4) is 0 Å². The fraction of sp³-hybridized carbons (Fsp3) is 0.444. The highest BCUT2D eigenvalue weighted by Gasteiger charge is 2.21. The van der Waals surface area contributed by atoms with Crippen molar-refractivity contribution in [2.75, 3.05) is 29.5 Å². The van der Waals surface area contributed by atoms with Crippen LogP contribution in [0.4, 0.5) is 17.3 Å². The van der Waals surface area contributed by atoms with E-state index in [4.69, 9.17) is 11.5 Å². The highest BCUT2D eigenvalue weighted by Crippen LogP contribution is 2.21. The molecule has 1 saturated heterocycles. The van der Waals surface area contributed by atoms with Gasteiger partial charge >= 0.3 is 0 Å². The smallest absolute Gasteiger partial charge is 0.149 e. The number of anilines is 3. The molecule has 0 saturated carbocycles. The van der Waals surface area contributed by atoms with E-state index in [1.165, 1.54) is 0 Å². The van der Waals surface area contributed by atoms with Crippen molar-refractivity contribution in [3.05, 3.63) is 12.1 Å². The van der Waals surface area contributed by atoms with E-state index in [2.05, 4.69) is 4.98 Å². The zero-order valence-corrected chi connectivity index (χ0v) is 7.85. The molecule has 1 unspecified atom stereocenters. The zero-order chi connectivity index (χ0) is 10.1. The lowest BCUT2D eigenvalue weighted by atomic mass is 10.3. The molecule has 0 bridgehead atoms. The van der Waals surface area contributed by atoms with Crippen LogP contribution in [0.1, 0.15) is 6.42 Å². The summed E-state index contributed by atoms with van der Waals surface area (Å²) in [4.78, 5) is 6.16. The summed E-state index contributed by atoms with van der Waals surface area (Å²) in [6.07, 6.45) is 0.530. The fourth-order valence-corrected chi connectivity index (χ4v) is 1.60. The molecule has 1 aromatic heterocycles. The van der Waals surface area contributed by atoms with Crippen LogP contribution in [0.2, 0.25) is 0 Å². The van der Waals surface area contributed by atoms with Gasteiger partial charge in [0.25, 0.3) is 0 Å². The van der Waals surface area contributed by atoms with E-state index in [9.17, 15) is 5.11 Å². The molecular weight excluding hydrogens is 180 g/mol. The van der Waals surface area contributed by atoms with Crippen LogP contribution in [-0.4, -0.2) is 29.3 Å². The van der Waals surface area contributed by atoms with Crippen molar-refractivity contribution in [3.63, 3.8) is 0 Å². The van der Waals surface area contributed by atoms with E-state index in [1.807, 2.05) is 11.0 Å². The number of β-amino-alcohol motifs (C(OH)–C–C–N with tert-alkyl or cyclic N) is 1. The molecule has 0 radical (unpaired) electrons. The van der Waals surface area contributed by atoms with Gasteiger partial charge in [-0.3, -0.25) is 0 Å². The van der Waals surface area contributed by atoms with Crippen LogP contribution in [0.25, 0.3) is 0 Å². The predicted octanol–water partition coefficient (Wildman–Crippen LogP) is -0.183. The number of aliphatic hydroxyl groups excluding tert-OH is 1. The molecule has 1 aliphatic heterocycles. The Balaban J connectivity index is 2.20. The number of aliphatic hydroxyl groups is 1. The molecule has 0 aliphatic carbocycles. The Morgan fingerprint density at radius 1 is 1.43 bits per heavy atom. The lowest BCUT2D eigenvalue weighted by Gasteiger charge is -2.16. The number of hydrogen-bond donors (Lipinski definition) is 3. The van der Waals surface area contributed by atoms with Crippen molar-refractivity contribution < 1.29 is 5.11 Å². The van der Waals surface area contributed by atoms with Gasteiger partial charge < -0.3 is 21.5 Å². The van der Waals surface area contributed by atoms with Crippen molar-refractivity contribution in [2.45, 2.75) is 12.5 Å². The number of nitrogens with zero attached hydrogens (tertiary/aromatic N) is 2. The summed E-state index contributed by atoms with van der Waals surface area (Å²) in [5, 5.41) is 9.36. The SMILES string of the molecule is Nc1ccc(N2CCC(O)C2)nc1N. The van der Waals surface area contributed by atoms with Crippen LogP contribution >= 0.6 is 0 Å². The van der Waals surface area contributed by atoms with Crippen LogP contribution in [-0.2, 0) is 0 Å². The van der Waals surface area contributed by atoms with Gasteiger partial charge in [0.05, 0.1) is 11.8 Å². The second kappa shape index (κ2) is 3.34. The van der Waals surface area contributed by atoms with Crippen molar-refractivity contribution >= 4 is 17.3 Å². The molecule has 1 atom stereocenters. The van der Waals surface area contributed by atoms with Gasteiger partial charge in [-0.15, -0.1) is 0 Å². The molecule has 0 aromatic carbocycles. The molecule has 5 nitrogen and oxygen atoms in total. The van der Waals surface area contributed by atoms with E-state index >= 15 is 0 Å². The van der Waals surface area contributed by atoms with Crippen LogP contribution in [0.5, 0.6) is 0 Å². The average Bonchev–Trinajstić information content (AvgIpc) is 2.57. The second-order valence-electron chi connectivity index (χ2n) is 3.53. The number of hydrogen-bond acceptors (Lipinski definition) is 5. The van der Waals surface area contributed by atoms with Crippen molar-refractivity contribution in [2.24, 2.45) is 0 Å². The van der Waals surface area contributed by atoms with Gasteiger partial charge in [-0.2, -0.15) is 0 Å². The Bertz CT molecular complexity index is 342. The molecule has 0 amide bonds. The highest BCUT2D eigenvalue weighted by atomic mass is 16.3. The number of nitrogen functional groups attached to an aromatic ring is 2. The first-order valence-electron chi connectivity index (χ1n) is 4.62. The largest absolute Gasteiger partial charge is 0.396 e. The third-order valence-corrected chi connectivity index (χ3v) is 2.43. The normalized spacial score (nSPS) is 21.5. The number of rotatable bonds is 1. The lowest BCUT2D eigenvalue weighted by molar-refractivity contribution is 0.198. The zero-order valence-electron chi connectivity index (χ0n) is 7.85. The summed E-state index contributed by atoms with van der Waals surface area (Å²) in [6.45, 7) is 1.44. The standard InChI is InChI=1S/C9H14N4O/c10-7-1-2-8(12-9(7)11)13-4-3-6(14)5-13/h1-2,6,14H,3-5,10H2,(H2,11,12). The maximum absolute atomic E-state index is 9.36. The molecule has 1 aliphatic rings. The van der Waals surface area contributed by atoms with Crippen molar-refractivity contribution in [3.8, 4) is 0 Å². The molecule has 14 heavy (non-hydrogen) atoms. The quantitative estimate of drug-likeness (QED) is 0.577. The van der Waals surface area contributed by atoms with E-state index in [0.29, 0.717) is 18.1 Å². The van der Waals surface area contributed by atoms with Crippen molar-refractivity contribution in [1.29, 1.82) is 0 Å². The Hall–Kier alpha value is -1.49. The third kappa shape index (κ3) is 1.58. The molecule has 2 heterocycles. The third-order valence-electron chi connectivity index (χ3n) is 2.43. The second-order valence-corrected chi connectivity index (χ2v) is 3.53. The lowest BCUT2D eigenvalue weighted by Crippen LogP contribution is -2.22. The van der Waals surface area contributed by atoms with Gasteiger partial charge in [-0.1, -0.05) is 0 Å². The fourth-order valence-electron chi connectivity index (χ4n) is 1.60. The number of nitrogens with two attached hydrogens (primary N) is 2. The molecule has 1 aromatic rings. The molecule has 1 fully saturated rings. The topological polar surface area (TPSA) is 88.4 Å². The Morgan fingerprint density at radius 3 is 2.79 bits per heavy atom. The summed E-state index contributed by atoms with van der Waals surface area (Å²) >= 11 is 0. The first-order chi connectivity index (χ1) is 6.66. The first kappa shape index (κ1) is 9.08. The minimum atomic E-state index is -0.254. The maximum atomic E-state index is 9.36. The first-order valence-corrected chi connectivity index (χ1v) is 4.62. The Labute approximate surface area is 82.3 Å². The van der Waals surface area contributed by atoms with Gasteiger partial charge in [-0.05, 0) is 18.6 Å². The minimum Gasteiger partial charge on any atom is -0.396 e. The average molecular weight is 194 g/mol. The highest BCUT2D eigenvalue weighted by molar-refractivity contribution is 5.62. The van der Waals surface area contributed by atoms with E-state index in [1.54, 1.807) is 6.07 Å². The van der Waals surface area contributed by atoms with E-state index in [-0.39, 0.29) is 6.10 Å². The summed E-state index contributed by atoms with van der Waals surface area (Å²) in [7, 11) is 0. The van der Waals surface area contributed by atoms with Crippen LogP contribution < -0.4 is 16.4 Å². The summed E-state index contributed by atoms with van der Waals surface area (Å²) in [5.74, 6) is 1.14. The molecule has 0 spiro atoms. The molecular formula is C9H14N4O. The van der Waals surface area contributed by atoms with Crippen LogP contribution in [0.15, 0.2) is 12.1 Å². The van der Waals surface area contributed by atoms with Crippen molar-refractivity contribution in [1.82, 2.24) is 4.98 Å². The van der Waals surface area contributed by atoms with Crippen LogP contribution in [0, 0.1) is 0 Å². The monoisotopic (exact) mass is 194 g/mol. The molecule has 5 N–H and O–H groups in total. The Morgan fingerprint density at radius 2 is 2.21 bits per heavy atom. The molecule has 5 heteroatoms. The minimum absolute atomic E-state index is 0.254.